The standard InChI is InChI=1S/C15H19N5O4/c16-12(13(17)15(22)23)11(21)6-9-5-10(20-24-9)7-1-3-8(4-2-7)14(18)19/h1-4,9,12-13H,5-6,16-17H2,(H3,18,19)(H,22,23)/t9-,12?,13+/m1/s1. The first-order valence-electron chi connectivity index (χ1n) is 7.23. The average Bonchev–Trinajstić information content (AvgIpc) is 3.01. The van der Waals surface area contributed by atoms with E-state index in [0.717, 1.165) is 5.56 Å². The van der Waals surface area contributed by atoms with Gasteiger partial charge in [-0.05, 0) is 5.56 Å². The predicted molar refractivity (Wildman–Crippen MR) is 86.7 cm³/mol. The van der Waals surface area contributed by atoms with Crippen molar-refractivity contribution in [2.75, 3.05) is 0 Å². The summed E-state index contributed by atoms with van der Waals surface area (Å²) in [5.74, 6) is -1.85. The Hall–Kier alpha value is -2.78. The van der Waals surface area contributed by atoms with Crippen LogP contribution in [0.2, 0.25) is 0 Å². The molecule has 0 aromatic heterocycles. The van der Waals surface area contributed by atoms with Gasteiger partial charge in [0.1, 0.15) is 18.0 Å². The van der Waals surface area contributed by atoms with Crippen LogP contribution in [-0.2, 0) is 14.4 Å². The third kappa shape index (κ3) is 3.94. The summed E-state index contributed by atoms with van der Waals surface area (Å²) >= 11 is 0. The number of amidine groups is 1. The van der Waals surface area contributed by atoms with Crippen LogP contribution in [-0.4, -0.2) is 46.6 Å². The topological polar surface area (TPSA) is 178 Å². The van der Waals surface area contributed by atoms with Crippen molar-refractivity contribution in [2.45, 2.75) is 31.0 Å². The van der Waals surface area contributed by atoms with Gasteiger partial charge >= 0.3 is 5.97 Å². The average molecular weight is 333 g/mol. The summed E-state index contributed by atoms with van der Waals surface area (Å²) in [7, 11) is 0. The third-order valence-corrected chi connectivity index (χ3v) is 3.73. The lowest BCUT2D eigenvalue weighted by atomic mass is 9.97. The maximum Gasteiger partial charge on any atom is 0.322 e. The molecule has 3 atom stereocenters. The van der Waals surface area contributed by atoms with E-state index in [-0.39, 0.29) is 12.3 Å². The van der Waals surface area contributed by atoms with Crippen LogP contribution >= 0.6 is 0 Å². The minimum Gasteiger partial charge on any atom is -0.480 e. The fourth-order valence-corrected chi connectivity index (χ4v) is 2.26. The number of nitrogens with one attached hydrogen (secondary N) is 1. The van der Waals surface area contributed by atoms with E-state index in [9.17, 15) is 9.59 Å². The molecular weight excluding hydrogens is 314 g/mol. The molecule has 1 aliphatic heterocycles. The van der Waals surface area contributed by atoms with E-state index in [1.807, 2.05) is 0 Å². The molecule has 0 aliphatic carbocycles. The number of carboxylic acid groups (broad SMARTS) is 1. The van der Waals surface area contributed by atoms with Crippen molar-refractivity contribution in [3.8, 4) is 0 Å². The molecule has 1 aliphatic rings. The van der Waals surface area contributed by atoms with Crippen LogP contribution in [0.3, 0.4) is 0 Å². The number of nitrogens with zero attached hydrogens (tertiary/aromatic N) is 1. The molecule has 0 spiro atoms. The smallest absolute Gasteiger partial charge is 0.322 e. The Kier molecular flexibility index (Phi) is 5.27. The molecule has 24 heavy (non-hydrogen) atoms. The zero-order chi connectivity index (χ0) is 17.9. The Morgan fingerprint density at radius 1 is 1.29 bits per heavy atom. The van der Waals surface area contributed by atoms with Gasteiger partial charge in [-0.3, -0.25) is 15.0 Å². The number of hydrogen-bond donors (Lipinski definition) is 5. The molecule has 0 amide bonds. The first-order chi connectivity index (χ1) is 11.3. The van der Waals surface area contributed by atoms with Gasteiger partial charge in [-0.2, -0.15) is 0 Å². The van der Waals surface area contributed by atoms with Crippen molar-refractivity contribution in [3.05, 3.63) is 35.4 Å². The second-order valence-electron chi connectivity index (χ2n) is 5.52. The number of nitrogen functional groups attached to an aromatic ring is 1. The molecule has 0 bridgehead atoms. The van der Waals surface area contributed by atoms with E-state index >= 15 is 0 Å². The zero-order valence-electron chi connectivity index (χ0n) is 12.8. The fraction of sp³-hybridized carbons (Fsp3) is 0.333. The van der Waals surface area contributed by atoms with Crippen molar-refractivity contribution in [1.29, 1.82) is 5.41 Å². The summed E-state index contributed by atoms with van der Waals surface area (Å²) in [6.07, 6.45) is -0.187. The molecule has 1 aromatic carbocycles. The van der Waals surface area contributed by atoms with Crippen molar-refractivity contribution in [1.82, 2.24) is 0 Å². The van der Waals surface area contributed by atoms with Crippen molar-refractivity contribution in [3.63, 3.8) is 0 Å². The van der Waals surface area contributed by atoms with Crippen LogP contribution in [0.15, 0.2) is 29.4 Å². The first kappa shape index (κ1) is 17.6. The molecule has 0 saturated carbocycles. The number of carboxylic acids is 1. The van der Waals surface area contributed by atoms with Crippen molar-refractivity contribution >= 4 is 23.3 Å². The number of oxime groups is 1. The van der Waals surface area contributed by atoms with Crippen LogP contribution in [0, 0.1) is 5.41 Å². The Balaban J connectivity index is 1.93. The van der Waals surface area contributed by atoms with Gasteiger partial charge in [0.25, 0.3) is 0 Å². The lowest BCUT2D eigenvalue weighted by Crippen LogP contribution is -2.52. The number of carbonyl (C=O) groups is 2. The quantitative estimate of drug-likeness (QED) is 0.319. The largest absolute Gasteiger partial charge is 0.480 e. The van der Waals surface area contributed by atoms with Gasteiger partial charge in [0.2, 0.25) is 0 Å². The van der Waals surface area contributed by atoms with E-state index in [1.54, 1.807) is 24.3 Å². The van der Waals surface area contributed by atoms with Gasteiger partial charge in [-0.1, -0.05) is 29.4 Å². The fourth-order valence-electron chi connectivity index (χ4n) is 2.26. The summed E-state index contributed by atoms with van der Waals surface area (Å²) in [4.78, 5) is 27.9. The maximum atomic E-state index is 12.0. The predicted octanol–water partition coefficient (Wildman–Crippen LogP) is -0.838. The van der Waals surface area contributed by atoms with E-state index < -0.39 is 29.9 Å². The van der Waals surface area contributed by atoms with Gasteiger partial charge < -0.3 is 27.1 Å². The molecule has 1 heterocycles. The highest BCUT2D eigenvalue weighted by molar-refractivity contribution is 6.03. The molecule has 9 nitrogen and oxygen atoms in total. The van der Waals surface area contributed by atoms with Crippen LogP contribution in [0.4, 0.5) is 0 Å². The number of carbonyl (C=O) groups excluding carboxylic acids is 1. The minimum atomic E-state index is -1.45. The molecule has 0 fully saturated rings. The zero-order valence-corrected chi connectivity index (χ0v) is 12.8. The summed E-state index contributed by atoms with van der Waals surface area (Å²) in [6, 6.07) is 4.18. The molecular formula is C15H19N5O4. The van der Waals surface area contributed by atoms with E-state index in [0.29, 0.717) is 17.7 Å². The molecule has 8 N–H and O–H groups in total. The molecule has 2 rings (SSSR count). The molecule has 0 saturated heterocycles. The van der Waals surface area contributed by atoms with Crippen LogP contribution < -0.4 is 17.2 Å². The highest BCUT2D eigenvalue weighted by Gasteiger charge is 2.31. The summed E-state index contributed by atoms with van der Waals surface area (Å²) in [6.45, 7) is 0. The molecule has 0 radical (unpaired) electrons. The van der Waals surface area contributed by atoms with Crippen molar-refractivity contribution in [2.24, 2.45) is 22.4 Å². The monoisotopic (exact) mass is 333 g/mol. The van der Waals surface area contributed by atoms with Crippen LogP contribution in [0.1, 0.15) is 24.0 Å². The van der Waals surface area contributed by atoms with E-state index in [4.69, 9.17) is 32.6 Å². The number of benzene rings is 1. The summed E-state index contributed by atoms with van der Waals surface area (Å²) in [5, 5.41) is 20.1. The second-order valence-corrected chi connectivity index (χ2v) is 5.52. The Morgan fingerprint density at radius 3 is 2.46 bits per heavy atom. The highest BCUT2D eigenvalue weighted by Crippen LogP contribution is 2.20. The van der Waals surface area contributed by atoms with E-state index in [1.165, 1.54) is 0 Å². The number of Topliss-reactive ketones (excluding diaryl/α,β-unsaturated/α-hetero) is 1. The Labute approximate surface area is 137 Å². The summed E-state index contributed by atoms with van der Waals surface area (Å²) < 4.78 is 0. The first-order valence-corrected chi connectivity index (χ1v) is 7.23. The summed E-state index contributed by atoms with van der Waals surface area (Å²) in [5.41, 5.74) is 18.3. The van der Waals surface area contributed by atoms with E-state index in [2.05, 4.69) is 5.16 Å². The Morgan fingerprint density at radius 2 is 1.92 bits per heavy atom. The van der Waals surface area contributed by atoms with Crippen LogP contribution in [0.25, 0.3) is 0 Å². The number of nitrogens with two attached hydrogens (primary N) is 3. The Bertz CT molecular complexity index is 686. The van der Waals surface area contributed by atoms with Gasteiger partial charge in [0.05, 0.1) is 11.8 Å². The molecule has 128 valence electrons. The molecule has 9 heteroatoms. The highest BCUT2D eigenvalue weighted by atomic mass is 16.6. The van der Waals surface area contributed by atoms with Gasteiger partial charge in [-0.15, -0.1) is 0 Å². The number of ketones is 1. The number of aliphatic carboxylic acids is 1. The van der Waals surface area contributed by atoms with Gasteiger partial charge in [0, 0.05) is 18.4 Å². The SMILES string of the molecule is N=C(N)c1ccc(C2=NO[C@@H](CC(=O)C(N)[C@H](N)C(=O)O)C2)cc1. The van der Waals surface area contributed by atoms with Gasteiger partial charge in [0.15, 0.2) is 5.78 Å². The number of hydrogen-bond acceptors (Lipinski definition) is 7. The van der Waals surface area contributed by atoms with Crippen LogP contribution in [0.5, 0.6) is 0 Å². The lowest BCUT2D eigenvalue weighted by molar-refractivity contribution is -0.141. The second kappa shape index (κ2) is 7.20. The minimum absolute atomic E-state index is 0.0293. The van der Waals surface area contributed by atoms with Crippen molar-refractivity contribution < 1.29 is 19.5 Å². The lowest BCUT2D eigenvalue weighted by Gasteiger charge is -2.16. The number of rotatable bonds is 7. The normalized spacial score (nSPS) is 19.1. The molecule has 1 aromatic rings. The van der Waals surface area contributed by atoms with Gasteiger partial charge in [-0.25, -0.2) is 0 Å². The maximum absolute atomic E-state index is 12.0. The third-order valence-electron chi connectivity index (χ3n) is 3.73. The molecule has 1 unspecified atom stereocenters.